The third kappa shape index (κ3) is 4.28. The van der Waals surface area contributed by atoms with E-state index in [9.17, 15) is 18.8 Å². The Labute approximate surface area is 185 Å². The van der Waals surface area contributed by atoms with Crippen molar-refractivity contribution in [2.45, 2.75) is 26.3 Å². The van der Waals surface area contributed by atoms with Gasteiger partial charge in [-0.05, 0) is 42.0 Å². The van der Waals surface area contributed by atoms with Crippen LogP contribution in [0.25, 0.3) is 0 Å². The van der Waals surface area contributed by atoms with Crippen LogP contribution in [-0.2, 0) is 16.0 Å². The second-order valence-electron chi connectivity index (χ2n) is 8.82. The van der Waals surface area contributed by atoms with Crippen molar-refractivity contribution in [2.75, 3.05) is 24.5 Å². The van der Waals surface area contributed by atoms with Gasteiger partial charge in [-0.1, -0.05) is 37.6 Å². The predicted octanol–water partition coefficient (Wildman–Crippen LogP) is 3.73. The molecule has 0 aliphatic carbocycles. The monoisotopic (exact) mass is 443 g/mol. The number of carbonyl (C=O) groups excluding carboxylic acids is 3. The lowest BCUT2D eigenvalue weighted by Gasteiger charge is -2.30. The maximum absolute atomic E-state index is 13.3. The van der Waals surface area contributed by atoms with Crippen molar-refractivity contribution >= 4 is 35.1 Å². The molecule has 0 aromatic heterocycles. The number of imide groups is 1. The smallest absolute Gasteiger partial charge is 0.332 e. The predicted molar refractivity (Wildman–Crippen MR) is 115 cm³/mol. The molecule has 2 aromatic carbocycles. The highest BCUT2D eigenvalue weighted by Gasteiger charge is 2.50. The van der Waals surface area contributed by atoms with E-state index in [1.807, 2.05) is 13.8 Å². The fourth-order valence-corrected chi connectivity index (χ4v) is 4.33. The van der Waals surface area contributed by atoms with Crippen molar-refractivity contribution < 1.29 is 18.8 Å². The van der Waals surface area contributed by atoms with E-state index < -0.39 is 29.2 Å². The summed E-state index contributed by atoms with van der Waals surface area (Å²) in [6, 6.07) is 11.1. The van der Waals surface area contributed by atoms with Crippen LogP contribution in [-0.4, -0.2) is 53.3 Å². The molecule has 4 rings (SSSR count). The van der Waals surface area contributed by atoms with Gasteiger partial charge >= 0.3 is 6.03 Å². The normalized spacial score (nSPS) is 20.6. The summed E-state index contributed by atoms with van der Waals surface area (Å²) < 4.78 is 13.3. The van der Waals surface area contributed by atoms with Gasteiger partial charge in [0.2, 0.25) is 5.91 Å². The summed E-state index contributed by atoms with van der Waals surface area (Å²) in [5.41, 5.74) is 0.746. The molecule has 2 aromatic rings. The standard InChI is InChI=1S/C23H23ClFN3O3/c1-23(2)13-26(20(29)11-15-3-5-16(24)6-4-15)12-19-21(30)28(22(31)27(19)14-23)18-9-7-17(25)8-10-18/h3-10,19H,11-14H2,1-2H3. The number of nitrogens with zero attached hydrogens (tertiary/aromatic N) is 3. The number of anilines is 1. The molecule has 1 unspecified atom stereocenters. The number of benzene rings is 2. The Hall–Kier alpha value is -2.93. The zero-order chi connectivity index (χ0) is 22.3. The number of rotatable bonds is 3. The molecule has 0 N–H and O–H groups in total. The van der Waals surface area contributed by atoms with Crippen LogP contribution >= 0.6 is 11.6 Å². The number of urea groups is 1. The van der Waals surface area contributed by atoms with Gasteiger partial charge in [-0.3, -0.25) is 9.59 Å². The molecule has 0 bridgehead atoms. The van der Waals surface area contributed by atoms with Gasteiger partial charge in [-0.2, -0.15) is 0 Å². The largest absolute Gasteiger partial charge is 0.339 e. The van der Waals surface area contributed by atoms with Gasteiger partial charge in [-0.25, -0.2) is 14.1 Å². The molecule has 2 aliphatic rings. The SMILES string of the molecule is CC1(C)CN(C(=O)Cc2ccc(Cl)cc2)CC2C(=O)N(c3ccc(F)cc3)C(=O)N2C1. The van der Waals surface area contributed by atoms with Gasteiger partial charge in [0.25, 0.3) is 5.91 Å². The topological polar surface area (TPSA) is 60.9 Å². The lowest BCUT2D eigenvalue weighted by Crippen LogP contribution is -2.44. The van der Waals surface area contributed by atoms with Gasteiger partial charge < -0.3 is 9.80 Å². The molecular weight excluding hydrogens is 421 g/mol. The first-order valence-corrected chi connectivity index (χ1v) is 10.4. The van der Waals surface area contributed by atoms with E-state index in [0.717, 1.165) is 10.5 Å². The van der Waals surface area contributed by atoms with Crippen molar-refractivity contribution in [1.82, 2.24) is 9.80 Å². The third-order valence-corrected chi connectivity index (χ3v) is 5.89. The number of hydrogen-bond donors (Lipinski definition) is 0. The highest BCUT2D eigenvalue weighted by Crippen LogP contribution is 2.32. The van der Waals surface area contributed by atoms with Crippen LogP contribution in [0.2, 0.25) is 5.02 Å². The molecule has 0 spiro atoms. The van der Waals surface area contributed by atoms with Gasteiger partial charge in [0.1, 0.15) is 11.9 Å². The fraction of sp³-hybridized carbons (Fsp3) is 0.348. The summed E-state index contributed by atoms with van der Waals surface area (Å²) >= 11 is 5.92. The van der Waals surface area contributed by atoms with Crippen LogP contribution < -0.4 is 4.90 Å². The molecule has 0 saturated carbocycles. The zero-order valence-corrected chi connectivity index (χ0v) is 18.1. The molecule has 8 heteroatoms. The highest BCUT2D eigenvalue weighted by molar-refractivity contribution is 6.30. The van der Waals surface area contributed by atoms with Crippen LogP contribution in [0.3, 0.4) is 0 Å². The number of fused-ring (bicyclic) bond motifs is 1. The molecule has 1 atom stereocenters. The summed E-state index contributed by atoms with van der Waals surface area (Å²) in [7, 11) is 0. The molecule has 162 valence electrons. The van der Waals surface area contributed by atoms with Gasteiger partial charge in [0.15, 0.2) is 0 Å². The molecular formula is C23H23ClFN3O3. The Morgan fingerprint density at radius 2 is 1.71 bits per heavy atom. The van der Waals surface area contributed by atoms with Crippen LogP contribution in [0.15, 0.2) is 48.5 Å². The van der Waals surface area contributed by atoms with Crippen LogP contribution in [0.5, 0.6) is 0 Å². The van der Waals surface area contributed by atoms with E-state index in [0.29, 0.717) is 23.8 Å². The maximum atomic E-state index is 13.3. The maximum Gasteiger partial charge on any atom is 0.332 e. The van der Waals surface area contributed by atoms with Crippen molar-refractivity contribution in [2.24, 2.45) is 5.41 Å². The summed E-state index contributed by atoms with van der Waals surface area (Å²) in [4.78, 5) is 43.6. The minimum atomic E-state index is -0.770. The summed E-state index contributed by atoms with van der Waals surface area (Å²) in [5, 5.41) is 0.596. The first-order chi connectivity index (χ1) is 14.6. The van der Waals surface area contributed by atoms with Gasteiger partial charge in [0, 0.05) is 23.5 Å². The molecule has 2 saturated heterocycles. The van der Waals surface area contributed by atoms with Crippen molar-refractivity contribution in [3.63, 3.8) is 0 Å². The first kappa shape index (κ1) is 21.3. The lowest BCUT2D eigenvalue weighted by atomic mass is 9.92. The van der Waals surface area contributed by atoms with Crippen LogP contribution in [0.4, 0.5) is 14.9 Å². The molecule has 4 amide bonds. The molecule has 2 fully saturated rings. The average molecular weight is 444 g/mol. The minimum absolute atomic E-state index is 0.113. The number of carbonyl (C=O) groups is 3. The number of halogens is 2. The van der Waals surface area contributed by atoms with Gasteiger partial charge in [-0.15, -0.1) is 0 Å². The number of hydrogen-bond acceptors (Lipinski definition) is 3. The highest BCUT2D eigenvalue weighted by atomic mass is 35.5. The van der Waals surface area contributed by atoms with Crippen LogP contribution in [0, 0.1) is 11.2 Å². The quantitative estimate of drug-likeness (QED) is 0.679. The van der Waals surface area contributed by atoms with E-state index >= 15 is 0 Å². The Morgan fingerprint density at radius 1 is 1.06 bits per heavy atom. The Morgan fingerprint density at radius 3 is 2.35 bits per heavy atom. The van der Waals surface area contributed by atoms with Crippen molar-refractivity contribution in [1.29, 1.82) is 0 Å². The second-order valence-corrected chi connectivity index (χ2v) is 9.25. The molecule has 2 heterocycles. The van der Waals surface area contributed by atoms with E-state index in [2.05, 4.69) is 0 Å². The first-order valence-electron chi connectivity index (χ1n) is 10.1. The molecule has 6 nitrogen and oxygen atoms in total. The van der Waals surface area contributed by atoms with E-state index in [1.165, 1.54) is 29.2 Å². The zero-order valence-electron chi connectivity index (χ0n) is 17.3. The van der Waals surface area contributed by atoms with E-state index in [-0.39, 0.29) is 18.9 Å². The molecule has 0 radical (unpaired) electrons. The Balaban J connectivity index is 1.59. The summed E-state index contributed by atoms with van der Waals surface area (Å²) in [5.74, 6) is -0.964. The molecule has 31 heavy (non-hydrogen) atoms. The Bertz CT molecular complexity index is 1020. The average Bonchev–Trinajstić information content (AvgIpc) is 2.85. The van der Waals surface area contributed by atoms with Crippen molar-refractivity contribution in [3.8, 4) is 0 Å². The second kappa shape index (κ2) is 7.96. The fourth-order valence-electron chi connectivity index (χ4n) is 4.20. The van der Waals surface area contributed by atoms with E-state index in [4.69, 9.17) is 11.6 Å². The van der Waals surface area contributed by atoms with E-state index in [1.54, 1.807) is 29.2 Å². The van der Waals surface area contributed by atoms with Crippen molar-refractivity contribution in [3.05, 3.63) is 64.9 Å². The van der Waals surface area contributed by atoms with Crippen LogP contribution in [0.1, 0.15) is 19.4 Å². The minimum Gasteiger partial charge on any atom is -0.339 e. The third-order valence-electron chi connectivity index (χ3n) is 5.64. The summed E-state index contributed by atoms with van der Waals surface area (Å²) in [6.45, 7) is 4.83. The Kier molecular flexibility index (Phi) is 5.47. The van der Waals surface area contributed by atoms with Gasteiger partial charge in [0.05, 0.1) is 18.7 Å². The summed E-state index contributed by atoms with van der Waals surface area (Å²) in [6.07, 6.45) is 0.184. The lowest BCUT2D eigenvalue weighted by molar-refractivity contribution is -0.132. The molecule has 2 aliphatic heterocycles. The number of amides is 4.